The molecule has 32 heavy (non-hydrogen) atoms. The molecule has 0 aromatic heterocycles. The second kappa shape index (κ2) is 9.65. The summed E-state index contributed by atoms with van der Waals surface area (Å²) < 4.78 is 11.4. The first kappa shape index (κ1) is 23.0. The van der Waals surface area contributed by atoms with Crippen molar-refractivity contribution >= 4 is 51.4 Å². The number of primary amides is 1. The van der Waals surface area contributed by atoms with E-state index >= 15 is 0 Å². The molecule has 3 rings (SSSR count). The van der Waals surface area contributed by atoms with E-state index in [9.17, 15) is 19.2 Å². The van der Waals surface area contributed by atoms with Gasteiger partial charge in [0.25, 0.3) is 17.7 Å². The molecule has 2 aromatic rings. The number of aryl methyl sites for hydroxylation is 1. The molecule has 5 amide bonds. The zero-order chi connectivity index (χ0) is 23.4. The van der Waals surface area contributed by atoms with Crippen LogP contribution in [0.5, 0.6) is 11.5 Å². The summed E-state index contributed by atoms with van der Waals surface area (Å²) in [6.45, 7) is 3.54. The third kappa shape index (κ3) is 4.97. The van der Waals surface area contributed by atoms with Gasteiger partial charge in [-0.05, 0) is 71.2 Å². The number of nitrogens with one attached hydrogen (secondary N) is 1. The largest absolute Gasteiger partial charge is 0.490 e. The molecule has 0 aliphatic carbocycles. The molecule has 2 aromatic carbocycles. The van der Waals surface area contributed by atoms with Gasteiger partial charge >= 0.3 is 6.03 Å². The van der Waals surface area contributed by atoms with Crippen molar-refractivity contribution in [3.05, 3.63) is 57.6 Å². The molecule has 1 fully saturated rings. The van der Waals surface area contributed by atoms with E-state index in [0.717, 1.165) is 10.5 Å². The van der Waals surface area contributed by atoms with Gasteiger partial charge < -0.3 is 15.2 Å². The number of ether oxygens (including phenoxy) is 2. The fraction of sp³-hybridized carbons (Fsp3) is 0.182. The molecule has 166 valence electrons. The minimum atomic E-state index is -0.825. The molecule has 0 unspecified atom stereocenters. The van der Waals surface area contributed by atoms with Crippen molar-refractivity contribution in [3.63, 3.8) is 0 Å². The average Bonchev–Trinajstić information content (AvgIpc) is 2.70. The minimum absolute atomic E-state index is 0.230. The fourth-order valence-corrected chi connectivity index (χ4v) is 3.62. The van der Waals surface area contributed by atoms with E-state index in [1.54, 1.807) is 37.3 Å². The number of rotatable bonds is 7. The van der Waals surface area contributed by atoms with Gasteiger partial charge in [-0.15, -0.1) is 0 Å². The van der Waals surface area contributed by atoms with Crippen LogP contribution in [0.3, 0.4) is 0 Å². The van der Waals surface area contributed by atoms with Gasteiger partial charge in [0.15, 0.2) is 18.1 Å². The highest BCUT2D eigenvalue weighted by atomic mass is 79.9. The molecule has 10 heteroatoms. The highest BCUT2D eigenvalue weighted by Crippen LogP contribution is 2.37. The van der Waals surface area contributed by atoms with Crippen LogP contribution in [0.15, 0.2) is 46.4 Å². The maximum atomic E-state index is 13.1. The Morgan fingerprint density at radius 1 is 1.19 bits per heavy atom. The van der Waals surface area contributed by atoms with Crippen LogP contribution in [0.1, 0.15) is 18.1 Å². The van der Waals surface area contributed by atoms with Gasteiger partial charge in [0.05, 0.1) is 16.8 Å². The van der Waals surface area contributed by atoms with E-state index in [4.69, 9.17) is 15.2 Å². The Kier molecular flexibility index (Phi) is 6.94. The summed E-state index contributed by atoms with van der Waals surface area (Å²) in [4.78, 5) is 49.8. The normalized spacial score (nSPS) is 15.0. The fourth-order valence-electron chi connectivity index (χ4n) is 3.04. The van der Waals surface area contributed by atoms with Gasteiger partial charge in [0.2, 0.25) is 0 Å². The summed E-state index contributed by atoms with van der Waals surface area (Å²) in [6.07, 6.45) is 1.35. The van der Waals surface area contributed by atoms with Crippen molar-refractivity contribution < 1.29 is 28.7 Å². The lowest BCUT2D eigenvalue weighted by Gasteiger charge is -2.26. The predicted molar refractivity (Wildman–Crippen MR) is 120 cm³/mol. The van der Waals surface area contributed by atoms with Gasteiger partial charge in [-0.3, -0.25) is 19.7 Å². The van der Waals surface area contributed by atoms with Crippen LogP contribution in [0.2, 0.25) is 0 Å². The third-order valence-electron chi connectivity index (χ3n) is 4.36. The molecule has 0 radical (unpaired) electrons. The second-order valence-electron chi connectivity index (χ2n) is 6.81. The van der Waals surface area contributed by atoms with E-state index < -0.39 is 23.8 Å². The molecule has 1 aliphatic heterocycles. The summed E-state index contributed by atoms with van der Waals surface area (Å²) in [5.41, 5.74) is 6.53. The number of amides is 5. The number of benzene rings is 2. The lowest BCUT2D eigenvalue weighted by atomic mass is 10.1. The van der Waals surface area contributed by atoms with Crippen LogP contribution in [-0.4, -0.2) is 37.0 Å². The van der Waals surface area contributed by atoms with Gasteiger partial charge in [0, 0.05) is 0 Å². The van der Waals surface area contributed by atoms with Crippen molar-refractivity contribution in [1.82, 2.24) is 5.32 Å². The van der Waals surface area contributed by atoms with Crippen molar-refractivity contribution in [1.29, 1.82) is 0 Å². The first-order valence-corrected chi connectivity index (χ1v) is 10.4. The van der Waals surface area contributed by atoms with Crippen LogP contribution in [-0.2, 0) is 14.4 Å². The van der Waals surface area contributed by atoms with Crippen LogP contribution in [0, 0.1) is 6.92 Å². The van der Waals surface area contributed by atoms with Crippen molar-refractivity contribution in [2.75, 3.05) is 18.1 Å². The number of nitrogens with two attached hydrogens (primary N) is 1. The summed E-state index contributed by atoms with van der Waals surface area (Å²) in [5.74, 6) is -1.69. The molecule has 0 atom stereocenters. The van der Waals surface area contributed by atoms with Crippen LogP contribution >= 0.6 is 15.9 Å². The van der Waals surface area contributed by atoms with E-state index in [2.05, 4.69) is 21.2 Å². The van der Waals surface area contributed by atoms with Crippen LogP contribution < -0.4 is 25.4 Å². The van der Waals surface area contributed by atoms with E-state index in [-0.39, 0.29) is 23.7 Å². The Bertz CT molecular complexity index is 1140. The lowest BCUT2D eigenvalue weighted by Crippen LogP contribution is -2.54. The molecule has 1 aliphatic rings. The minimum Gasteiger partial charge on any atom is -0.490 e. The molecular formula is C22H20BrN3O6. The van der Waals surface area contributed by atoms with E-state index in [0.29, 0.717) is 22.3 Å². The van der Waals surface area contributed by atoms with E-state index in [1.807, 2.05) is 13.0 Å². The molecule has 3 N–H and O–H groups in total. The van der Waals surface area contributed by atoms with Crippen LogP contribution in [0.25, 0.3) is 6.08 Å². The monoisotopic (exact) mass is 501 g/mol. The van der Waals surface area contributed by atoms with Gasteiger partial charge in [0.1, 0.15) is 5.57 Å². The number of hydrogen-bond donors (Lipinski definition) is 2. The number of nitrogens with zero attached hydrogens (tertiary/aromatic N) is 1. The van der Waals surface area contributed by atoms with Crippen molar-refractivity contribution in [3.8, 4) is 11.5 Å². The lowest BCUT2D eigenvalue weighted by molar-refractivity contribution is -0.123. The number of halogens is 1. The SMILES string of the molecule is CCOc1cc(/C=C2/C(=O)NC(=O)N(c3cccc(C)c3)C2=O)cc(Br)c1OCC(N)=O. The standard InChI is InChI=1S/C22H20BrN3O6/c1-3-31-17-10-13(9-16(23)19(17)32-11-18(24)27)8-15-20(28)25-22(30)26(21(15)29)14-6-4-5-12(2)7-14/h4-10H,3,11H2,1-2H3,(H2,24,27)(H,25,28,30)/b15-8-. The first-order chi connectivity index (χ1) is 15.2. The molecule has 0 saturated carbocycles. The Morgan fingerprint density at radius 2 is 1.94 bits per heavy atom. The summed E-state index contributed by atoms with van der Waals surface area (Å²) in [5, 5.41) is 2.19. The summed E-state index contributed by atoms with van der Waals surface area (Å²) >= 11 is 3.34. The zero-order valence-electron chi connectivity index (χ0n) is 17.3. The second-order valence-corrected chi connectivity index (χ2v) is 7.67. The Hall–Kier alpha value is -3.66. The predicted octanol–water partition coefficient (Wildman–Crippen LogP) is 2.69. The topological polar surface area (TPSA) is 128 Å². The average molecular weight is 502 g/mol. The van der Waals surface area contributed by atoms with E-state index in [1.165, 1.54) is 6.08 Å². The highest BCUT2D eigenvalue weighted by molar-refractivity contribution is 9.10. The maximum absolute atomic E-state index is 13.1. The Labute approximate surface area is 192 Å². The zero-order valence-corrected chi connectivity index (χ0v) is 18.9. The number of carbonyl (C=O) groups is 4. The highest BCUT2D eigenvalue weighted by Gasteiger charge is 2.36. The first-order valence-electron chi connectivity index (χ1n) is 9.56. The summed E-state index contributed by atoms with van der Waals surface area (Å²) in [6, 6.07) is 9.11. The molecular weight excluding hydrogens is 482 g/mol. The molecule has 1 saturated heterocycles. The number of hydrogen-bond acceptors (Lipinski definition) is 6. The summed E-state index contributed by atoms with van der Waals surface area (Å²) in [7, 11) is 0. The van der Waals surface area contributed by atoms with Crippen molar-refractivity contribution in [2.45, 2.75) is 13.8 Å². The molecule has 9 nitrogen and oxygen atoms in total. The van der Waals surface area contributed by atoms with Crippen molar-refractivity contribution in [2.24, 2.45) is 5.73 Å². The van der Waals surface area contributed by atoms with Gasteiger partial charge in [-0.1, -0.05) is 12.1 Å². The quantitative estimate of drug-likeness (QED) is 0.443. The third-order valence-corrected chi connectivity index (χ3v) is 4.95. The molecule has 0 spiro atoms. The molecule has 0 bridgehead atoms. The number of carbonyl (C=O) groups excluding carboxylic acids is 4. The Balaban J connectivity index is 2.01. The maximum Gasteiger partial charge on any atom is 0.335 e. The number of anilines is 1. The number of urea groups is 1. The Morgan fingerprint density at radius 3 is 2.59 bits per heavy atom. The number of imide groups is 2. The number of barbiturate groups is 1. The van der Waals surface area contributed by atoms with Gasteiger partial charge in [-0.25, -0.2) is 9.69 Å². The molecule has 1 heterocycles. The van der Waals surface area contributed by atoms with Gasteiger partial charge in [-0.2, -0.15) is 0 Å². The van der Waals surface area contributed by atoms with Crippen LogP contribution in [0.4, 0.5) is 10.5 Å². The smallest absolute Gasteiger partial charge is 0.335 e.